The molecule has 1 aromatic carbocycles. The number of aryl methyl sites for hydroxylation is 1. The number of hydrogen-bond donors (Lipinski definition) is 1. The predicted octanol–water partition coefficient (Wildman–Crippen LogP) is 2.92. The van der Waals surface area contributed by atoms with E-state index in [2.05, 4.69) is 4.98 Å². The maximum atomic E-state index is 13.1. The summed E-state index contributed by atoms with van der Waals surface area (Å²) in [5.41, 5.74) is 7.76. The van der Waals surface area contributed by atoms with Crippen molar-refractivity contribution >= 4 is 5.82 Å². The summed E-state index contributed by atoms with van der Waals surface area (Å²) in [7, 11) is 0. The molecule has 0 amide bonds. The standard InChI is InChI=1S/C12H10F2N2/c1-7-4-5-16-12(15)11(7)8-2-3-9(13)10(14)6-8/h2-6H,1H3,(H2,15,16). The highest BCUT2D eigenvalue weighted by Gasteiger charge is 2.09. The van der Waals surface area contributed by atoms with Crippen molar-refractivity contribution in [2.45, 2.75) is 6.92 Å². The van der Waals surface area contributed by atoms with Crippen LogP contribution in [0.1, 0.15) is 5.56 Å². The molecule has 2 rings (SSSR count). The van der Waals surface area contributed by atoms with Crippen molar-refractivity contribution in [2.75, 3.05) is 5.73 Å². The molecule has 2 N–H and O–H groups in total. The average Bonchev–Trinajstić information content (AvgIpc) is 2.23. The van der Waals surface area contributed by atoms with E-state index in [9.17, 15) is 8.78 Å². The number of hydrogen-bond acceptors (Lipinski definition) is 2. The number of aromatic nitrogens is 1. The number of halogens is 2. The molecule has 0 aliphatic rings. The molecule has 0 bridgehead atoms. The molecule has 1 heterocycles. The fourth-order valence-corrected chi connectivity index (χ4v) is 1.61. The Hall–Kier alpha value is -1.97. The van der Waals surface area contributed by atoms with Crippen molar-refractivity contribution in [3.8, 4) is 11.1 Å². The zero-order valence-electron chi connectivity index (χ0n) is 8.67. The Kier molecular flexibility index (Phi) is 2.56. The Morgan fingerprint density at radius 2 is 1.88 bits per heavy atom. The van der Waals surface area contributed by atoms with Crippen LogP contribution in [0.15, 0.2) is 30.5 Å². The molecule has 0 atom stereocenters. The Labute approximate surface area is 91.7 Å². The Balaban J connectivity index is 2.63. The van der Waals surface area contributed by atoms with Crippen LogP contribution >= 0.6 is 0 Å². The zero-order valence-corrected chi connectivity index (χ0v) is 8.67. The van der Waals surface area contributed by atoms with Gasteiger partial charge in [0, 0.05) is 11.8 Å². The molecule has 0 radical (unpaired) electrons. The summed E-state index contributed by atoms with van der Waals surface area (Å²) in [6.07, 6.45) is 1.58. The van der Waals surface area contributed by atoms with Gasteiger partial charge in [-0.3, -0.25) is 0 Å². The number of nitrogen functional groups attached to an aromatic ring is 1. The average molecular weight is 220 g/mol. The second-order valence-electron chi connectivity index (χ2n) is 3.52. The highest BCUT2D eigenvalue weighted by Crippen LogP contribution is 2.28. The topological polar surface area (TPSA) is 38.9 Å². The van der Waals surface area contributed by atoms with Gasteiger partial charge in [0.2, 0.25) is 0 Å². The van der Waals surface area contributed by atoms with Crippen molar-refractivity contribution in [3.63, 3.8) is 0 Å². The van der Waals surface area contributed by atoms with E-state index in [1.807, 2.05) is 6.92 Å². The van der Waals surface area contributed by atoms with Gasteiger partial charge < -0.3 is 5.73 Å². The highest BCUT2D eigenvalue weighted by atomic mass is 19.2. The van der Waals surface area contributed by atoms with Crippen LogP contribution in [0.2, 0.25) is 0 Å². The zero-order chi connectivity index (χ0) is 11.7. The molecule has 0 unspecified atom stereocenters. The molecule has 0 saturated heterocycles. The SMILES string of the molecule is Cc1ccnc(N)c1-c1ccc(F)c(F)c1. The molecule has 0 aliphatic heterocycles. The molecule has 16 heavy (non-hydrogen) atoms. The van der Waals surface area contributed by atoms with E-state index in [-0.39, 0.29) is 0 Å². The number of benzene rings is 1. The summed E-state index contributed by atoms with van der Waals surface area (Å²) in [6.45, 7) is 1.84. The minimum absolute atomic E-state index is 0.311. The van der Waals surface area contributed by atoms with E-state index in [0.29, 0.717) is 16.9 Å². The van der Waals surface area contributed by atoms with Gasteiger partial charge in [0.25, 0.3) is 0 Å². The highest BCUT2D eigenvalue weighted by molar-refractivity contribution is 5.76. The maximum Gasteiger partial charge on any atom is 0.159 e. The first-order valence-corrected chi connectivity index (χ1v) is 4.76. The van der Waals surface area contributed by atoms with Crippen LogP contribution in [0.3, 0.4) is 0 Å². The molecular weight excluding hydrogens is 210 g/mol. The van der Waals surface area contributed by atoms with Crippen LogP contribution in [0, 0.1) is 18.6 Å². The quantitative estimate of drug-likeness (QED) is 0.802. The monoisotopic (exact) mass is 220 g/mol. The van der Waals surface area contributed by atoms with E-state index in [1.54, 1.807) is 12.3 Å². The van der Waals surface area contributed by atoms with Crippen molar-refractivity contribution in [1.82, 2.24) is 4.98 Å². The predicted molar refractivity (Wildman–Crippen MR) is 58.7 cm³/mol. The Morgan fingerprint density at radius 3 is 2.50 bits per heavy atom. The first kappa shape index (κ1) is 10.5. The van der Waals surface area contributed by atoms with Gasteiger partial charge in [0.05, 0.1) is 0 Å². The van der Waals surface area contributed by atoms with Gasteiger partial charge in [0.1, 0.15) is 5.82 Å². The minimum Gasteiger partial charge on any atom is -0.383 e. The van der Waals surface area contributed by atoms with E-state index >= 15 is 0 Å². The number of nitrogens with two attached hydrogens (primary N) is 1. The van der Waals surface area contributed by atoms with E-state index in [4.69, 9.17) is 5.73 Å². The van der Waals surface area contributed by atoms with Gasteiger partial charge in [-0.25, -0.2) is 13.8 Å². The van der Waals surface area contributed by atoms with Crippen LogP contribution < -0.4 is 5.73 Å². The summed E-state index contributed by atoms with van der Waals surface area (Å²) in [5, 5.41) is 0. The van der Waals surface area contributed by atoms with Gasteiger partial charge in [-0.1, -0.05) is 6.07 Å². The molecule has 4 heteroatoms. The number of pyridine rings is 1. The molecule has 0 saturated carbocycles. The lowest BCUT2D eigenvalue weighted by molar-refractivity contribution is 0.509. The fourth-order valence-electron chi connectivity index (χ4n) is 1.61. The van der Waals surface area contributed by atoms with Crippen LogP contribution in [-0.2, 0) is 0 Å². The summed E-state index contributed by atoms with van der Waals surface area (Å²) < 4.78 is 25.9. The largest absolute Gasteiger partial charge is 0.383 e. The third-order valence-corrected chi connectivity index (χ3v) is 2.40. The number of nitrogens with zero attached hydrogens (tertiary/aromatic N) is 1. The smallest absolute Gasteiger partial charge is 0.159 e. The van der Waals surface area contributed by atoms with E-state index in [0.717, 1.165) is 17.7 Å². The second-order valence-corrected chi connectivity index (χ2v) is 3.52. The molecule has 82 valence electrons. The van der Waals surface area contributed by atoms with E-state index < -0.39 is 11.6 Å². The summed E-state index contributed by atoms with van der Waals surface area (Å²) in [6, 6.07) is 5.46. The van der Waals surface area contributed by atoms with Crippen LogP contribution in [0.5, 0.6) is 0 Å². The molecule has 1 aromatic heterocycles. The third-order valence-electron chi connectivity index (χ3n) is 2.40. The molecule has 0 spiro atoms. The molecule has 2 aromatic rings. The first-order valence-electron chi connectivity index (χ1n) is 4.76. The van der Waals surface area contributed by atoms with Gasteiger partial charge in [-0.05, 0) is 36.2 Å². The molecule has 0 fully saturated rings. The summed E-state index contributed by atoms with van der Waals surface area (Å²) in [5.74, 6) is -1.45. The second kappa shape index (κ2) is 3.89. The Bertz CT molecular complexity index is 518. The van der Waals surface area contributed by atoms with Crippen LogP contribution in [0.4, 0.5) is 14.6 Å². The lowest BCUT2D eigenvalue weighted by atomic mass is 10.0. The first-order chi connectivity index (χ1) is 7.59. The van der Waals surface area contributed by atoms with Crippen LogP contribution in [0.25, 0.3) is 11.1 Å². The van der Waals surface area contributed by atoms with Gasteiger partial charge in [-0.15, -0.1) is 0 Å². The number of rotatable bonds is 1. The minimum atomic E-state index is -0.889. The summed E-state index contributed by atoms with van der Waals surface area (Å²) >= 11 is 0. The van der Waals surface area contributed by atoms with Crippen LogP contribution in [-0.4, -0.2) is 4.98 Å². The fraction of sp³-hybridized carbons (Fsp3) is 0.0833. The molecule has 2 nitrogen and oxygen atoms in total. The normalized spacial score (nSPS) is 10.4. The summed E-state index contributed by atoms with van der Waals surface area (Å²) in [4.78, 5) is 3.93. The van der Waals surface area contributed by atoms with E-state index in [1.165, 1.54) is 6.07 Å². The van der Waals surface area contributed by atoms with Crippen molar-refractivity contribution in [2.24, 2.45) is 0 Å². The van der Waals surface area contributed by atoms with Crippen molar-refractivity contribution in [3.05, 3.63) is 47.7 Å². The number of anilines is 1. The van der Waals surface area contributed by atoms with Gasteiger partial charge in [0.15, 0.2) is 11.6 Å². The van der Waals surface area contributed by atoms with Crippen molar-refractivity contribution in [1.29, 1.82) is 0 Å². The Morgan fingerprint density at radius 1 is 1.12 bits per heavy atom. The lowest BCUT2D eigenvalue weighted by Crippen LogP contribution is -1.97. The third kappa shape index (κ3) is 1.74. The van der Waals surface area contributed by atoms with Crippen molar-refractivity contribution < 1.29 is 8.78 Å². The molecule has 0 aliphatic carbocycles. The molecular formula is C12H10F2N2. The maximum absolute atomic E-state index is 13.1. The van der Waals surface area contributed by atoms with Gasteiger partial charge >= 0.3 is 0 Å². The van der Waals surface area contributed by atoms with Gasteiger partial charge in [-0.2, -0.15) is 0 Å². The lowest BCUT2D eigenvalue weighted by Gasteiger charge is -2.08.